The molecule has 6 heteroatoms. The van der Waals surface area contributed by atoms with Crippen LogP contribution in [0.4, 0.5) is 26.3 Å². The highest BCUT2D eigenvalue weighted by Crippen LogP contribution is 2.54. The molecule has 1 rings (SSSR count). The topological polar surface area (TPSA) is 0 Å². The predicted octanol–water partition coefficient (Wildman–Crippen LogP) is 8.32. The van der Waals surface area contributed by atoms with Crippen molar-refractivity contribution in [2.24, 2.45) is 0 Å². The van der Waals surface area contributed by atoms with Crippen LogP contribution in [-0.2, 0) is 5.41 Å². The Bertz CT molecular complexity index is 530. The van der Waals surface area contributed by atoms with Crippen LogP contribution in [0.25, 0.3) is 0 Å². The normalized spacial score (nSPS) is 12.4. The number of aryl methyl sites for hydroxylation is 1. The van der Waals surface area contributed by atoms with Crippen LogP contribution in [0.15, 0.2) is 48.6 Å². The smallest absolute Gasteiger partial charge is 0.170 e. The monoisotopic (exact) mass is 396 g/mol. The molecule has 156 valence electrons. The van der Waals surface area contributed by atoms with Crippen LogP contribution in [-0.4, -0.2) is 12.4 Å². The number of halogens is 6. The Hall–Kier alpha value is -1.72. The van der Waals surface area contributed by atoms with Gasteiger partial charge in [0.25, 0.3) is 0 Å². The Kier molecular flexibility index (Phi) is 12.9. The molecule has 0 spiro atoms. The first-order chi connectivity index (χ1) is 12.5. The molecule has 0 unspecified atom stereocenters. The number of alkyl halides is 6. The Labute approximate surface area is 159 Å². The minimum absolute atomic E-state index is 0.375. The van der Waals surface area contributed by atoms with E-state index in [0.29, 0.717) is 12.0 Å². The van der Waals surface area contributed by atoms with Gasteiger partial charge in [-0.3, -0.25) is 0 Å². The maximum atomic E-state index is 13.3. The molecule has 1 aromatic rings. The zero-order chi connectivity index (χ0) is 21.7. The largest absolute Gasteiger partial charge is 0.407 e. The number of rotatable bonds is 4. The molecule has 27 heavy (non-hydrogen) atoms. The minimum Gasteiger partial charge on any atom is -0.170 e. The van der Waals surface area contributed by atoms with E-state index < -0.39 is 29.8 Å². The van der Waals surface area contributed by atoms with Gasteiger partial charge in [0.1, 0.15) is 0 Å². The van der Waals surface area contributed by atoms with E-state index in [0.717, 1.165) is 18.2 Å². The molecule has 0 nitrogen and oxygen atoms in total. The van der Waals surface area contributed by atoms with Gasteiger partial charge in [0.15, 0.2) is 5.41 Å². The SMILES string of the molecule is C/C=C/C.CC.CC/C=C\CC(c1ccc(C)cc1)(C(F)(F)F)C(F)(F)F. The highest BCUT2D eigenvalue weighted by molar-refractivity contribution is 5.33. The number of hydrogen-bond donors (Lipinski definition) is 0. The first-order valence-electron chi connectivity index (χ1n) is 8.90. The molecule has 0 saturated heterocycles. The van der Waals surface area contributed by atoms with Gasteiger partial charge in [-0.1, -0.05) is 74.9 Å². The highest BCUT2D eigenvalue weighted by Gasteiger charge is 2.70. The lowest BCUT2D eigenvalue weighted by Crippen LogP contribution is -2.53. The summed E-state index contributed by atoms with van der Waals surface area (Å²) in [5, 5.41) is 0. The van der Waals surface area contributed by atoms with Crippen molar-refractivity contribution in [3.8, 4) is 0 Å². The third-order valence-electron chi connectivity index (χ3n) is 3.67. The minimum atomic E-state index is -5.43. The standard InChI is InChI=1S/C15H16F6.C4H8.C2H6/c1-3-4-5-10-13(14(16,17)18,15(19,20)21)12-8-6-11(2)7-9-12;1-3-4-2;1-2/h4-9H,3,10H2,1-2H3;3-4H,1-2H3;1-2H3/b5-4-;4-3+;. The van der Waals surface area contributed by atoms with E-state index in [1.54, 1.807) is 13.8 Å². The third-order valence-corrected chi connectivity index (χ3v) is 3.67. The predicted molar refractivity (Wildman–Crippen MR) is 101 cm³/mol. The van der Waals surface area contributed by atoms with Crippen molar-refractivity contribution in [2.45, 2.75) is 72.2 Å². The van der Waals surface area contributed by atoms with E-state index in [4.69, 9.17) is 0 Å². The second-order valence-corrected chi connectivity index (χ2v) is 5.52. The summed E-state index contributed by atoms with van der Waals surface area (Å²) < 4.78 is 80.0. The summed E-state index contributed by atoms with van der Waals surface area (Å²) in [7, 11) is 0. The van der Waals surface area contributed by atoms with Gasteiger partial charge in [0.05, 0.1) is 0 Å². The van der Waals surface area contributed by atoms with Gasteiger partial charge >= 0.3 is 12.4 Å². The van der Waals surface area contributed by atoms with Crippen molar-refractivity contribution in [1.82, 2.24) is 0 Å². The van der Waals surface area contributed by atoms with Crippen LogP contribution < -0.4 is 0 Å². The molecule has 0 aliphatic carbocycles. The van der Waals surface area contributed by atoms with Gasteiger partial charge in [-0.05, 0) is 39.2 Å². The van der Waals surface area contributed by atoms with Gasteiger partial charge in [0, 0.05) is 0 Å². The molecule has 0 heterocycles. The van der Waals surface area contributed by atoms with Crippen LogP contribution in [0.3, 0.4) is 0 Å². The molecule has 0 aromatic heterocycles. The summed E-state index contributed by atoms with van der Waals surface area (Å²) >= 11 is 0. The molecule has 0 aliphatic heterocycles. The second kappa shape index (κ2) is 12.6. The number of hydrogen-bond acceptors (Lipinski definition) is 0. The molecule has 0 aliphatic rings. The van der Waals surface area contributed by atoms with Crippen LogP contribution in [0.5, 0.6) is 0 Å². The zero-order valence-corrected chi connectivity index (χ0v) is 16.8. The summed E-state index contributed by atoms with van der Waals surface area (Å²) in [5.41, 5.74) is -4.06. The van der Waals surface area contributed by atoms with Crippen molar-refractivity contribution in [3.63, 3.8) is 0 Å². The van der Waals surface area contributed by atoms with Crippen LogP contribution in [0.1, 0.15) is 58.6 Å². The van der Waals surface area contributed by atoms with Crippen LogP contribution in [0, 0.1) is 6.92 Å². The van der Waals surface area contributed by atoms with Crippen molar-refractivity contribution in [2.75, 3.05) is 0 Å². The van der Waals surface area contributed by atoms with E-state index in [2.05, 4.69) is 0 Å². The van der Waals surface area contributed by atoms with E-state index in [1.807, 2.05) is 39.8 Å². The van der Waals surface area contributed by atoms with Gasteiger partial charge in [-0.2, -0.15) is 26.3 Å². The van der Waals surface area contributed by atoms with Gasteiger partial charge in [0.2, 0.25) is 0 Å². The van der Waals surface area contributed by atoms with Crippen molar-refractivity contribution in [1.29, 1.82) is 0 Å². The fourth-order valence-electron chi connectivity index (χ4n) is 2.10. The number of allylic oxidation sites excluding steroid dienone is 4. The fourth-order valence-corrected chi connectivity index (χ4v) is 2.10. The maximum Gasteiger partial charge on any atom is 0.407 e. The average Bonchev–Trinajstić information content (AvgIpc) is 2.59. The fraction of sp³-hybridized carbons (Fsp3) is 0.524. The van der Waals surface area contributed by atoms with Crippen molar-refractivity contribution in [3.05, 3.63) is 59.7 Å². The molecule has 0 atom stereocenters. The average molecular weight is 396 g/mol. The second-order valence-electron chi connectivity index (χ2n) is 5.52. The summed E-state index contributed by atoms with van der Waals surface area (Å²) in [6, 6.07) is 4.31. The van der Waals surface area contributed by atoms with E-state index in [-0.39, 0.29) is 0 Å². The zero-order valence-electron chi connectivity index (χ0n) is 16.8. The lowest BCUT2D eigenvalue weighted by atomic mass is 9.75. The maximum absolute atomic E-state index is 13.3. The molecular formula is C21H30F6. The van der Waals surface area contributed by atoms with Crippen LogP contribution in [0.2, 0.25) is 0 Å². The highest BCUT2D eigenvalue weighted by atomic mass is 19.4. The van der Waals surface area contributed by atoms with Gasteiger partial charge < -0.3 is 0 Å². The van der Waals surface area contributed by atoms with Gasteiger partial charge in [-0.25, -0.2) is 0 Å². The van der Waals surface area contributed by atoms with Gasteiger partial charge in [-0.15, -0.1) is 0 Å². The molecular weight excluding hydrogens is 366 g/mol. The third kappa shape index (κ3) is 7.81. The van der Waals surface area contributed by atoms with E-state index >= 15 is 0 Å². The van der Waals surface area contributed by atoms with E-state index in [9.17, 15) is 26.3 Å². The quantitative estimate of drug-likeness (QED) is 0.354. The van der Waals surface area contributed by atoms with Crippen molar-refractivity contribution < 1.29 is 26.3 Å². The van der Waals surface area contributed by atoms with E-state index in [1.165, 1.54) is 18.2 Å². The molecule has 0 fully saturated rings. The van der Waals surface area contributed by atoms with Crippen molar-refractivity contribution >= 4 is 0 Å². The molecule has 0 N–H and O–H groups in total. The lowest BCUT2D eigenvalue weighted by Gasteiger charge is -2.37. The Morgan fingerprint density at radius 3 is 1.48 bits per heavy atom. The molecule has 0 bridgehead atoms. The Morgan fingerprint density at radius 2 is 1.19 bits per heavy atom. The first kappa shape index (κ1) is 27.5. The summed E-state index contributed by atoms with van der Waals surface area (Å²) in [5.74, 6) is 0. The van der Waals surface area contributed by atoms with Crippen LogP contribution >= 0.6 is 0 Å². The summed E-state index contributed by atoms with van der Waals surface area (Å²) in [4.78, 5) is 0. The molecule has 0 saturated carbocycles. The summed E-state index contributed by atoms with van der Waals surface area (Å²) in [6.07, 6.45) is -5.39. The lowest BCUT2D eigenvalue weighted by molar-refractivity contribution is -0.302. The molecule has 0 amide bonds. The Morgan fingerprint density at radius 1 is 0.778 bits per heavy atom. The molecule has 1 aromatic carbocycles. The summed E-state index contributed by atoms with van der Waals surface area (Å²) in [6.45, 7) is 11.2. The first-order valence-corrected chi connectivity index (χ1v) is 8.90. The number of benzene rings is 1. The molecule has 0 radical (unpaired) electrons. The Balaban J connectivity index is 0.